The fourth-order valence-electron chi connectivity index (χ4n) is 2.02. The van der Waals surface area contributed by atoms with Crippen LogP contribution in [0.2, 0.25) is 0 Å². The van der Waals surface area contributed by atoms with Crippen molar-refractivity contribution in [2.45, 2.75) is 0 Å². The summed E-state index contributed by atoms with van der Waals surface area (Å²) >= 11 is 4.15. The number of imide groups is 1. The number of methoxy groups -OCH3 is 1. The summed E-state index contributed by atoms with van der Waals surface area (Å²) < 4.78 is 11.5. The number of ether oxygens (including phenoxy) is 2. The van der Waals surface area contributed by atoms with Gasteiger partial charge in [-0.25, -0.2) is 9.59 Å². The molecule has 1 aromatic carbocycles. The lowest BCUT2D eigenvalue weighted by molar-refractivity contribution is -0.143. The van der Waals surface area contributed by atoms with Crippen LogP contribution >= 0.6 is 45.2 Å². The number of amides is 3. The average Bonchev–Trinajstić information content (AvgIpc) is 2.81. The maximum atomic E-state index is 12.2. The van der Waals surface area contributed by atoms with Gasteiger partial charge in [-0.2, -0.15) is 0 Å². The Labute approximate surface area is 171 Å². The summed E-state index contributed by atoms with van der Waals surface area (Å²) in [6, 6.07) is 3.11. The third-order valence-electron chi connectivity index (χ3n) is 3.17. The van der Waals surface area contributed by atoms with Crippen molar-refractivity contribution in [3.8, 4) is 5.75 Å². The highest BCUT2D eigenvalue weighted by Gasteiger charge is 2.32. The van der Waals surface area contributed by atoms with Gasteiger partial charge in [0.05, 0.1) is 14.3 Å². The van der Waals surface area contributed by atoms with E-state index in [-0.39, 0.29) is 18.8 Å². The number of halogens is 2. The minimum absolute atomic E-state index is 0.150. The van der Waals surface area contributed by atoms with Crippen molar-refractivity contribution in [2.24, 2.45) is 0 Å². The number of carbonyl (C=O) groups excluding carboxylic acids is 3. The second kappa shape index (κ2) is 8.65. The van der Waals surface area contributed by atoms with Crippen molar-refractivity contribution in [1.82, 2.24) is 10.2 Å². The van der Waals surface area contributed by atoms with E-state index in [1.165, 1.54) is 13.2 Å². The number of rotatable bonds is 6. The maximum absolute atomic E-state index is 12.2. The Morgan fingerprint density at radius 2 is 1.96 bits per heavy atom. The van der Waals surface area contributed by atoms with Gasteiger partial charge in [-0.3, -0.25) is 9.69 Å². The first-order chi connectivity index (χ1) is 11.9. The molecule has 0 atom stereocenters. The monoisotopic (exact) mass is 568 g/mol. The molecule has 1 fully saturated rings. The van der Waals surface area contributed by atoms with Gasteiger partial charge in [0.1, 0.15) is 11.4 Å². The summed E-state index contributed by atoms with van der Waals surface area (Å²) in [5, 5.41) is 2.54. The van der Waals surface area contributed by atoms with Crippen LogP contribution in [0.25, 0.3) is 6.08 Å². The first kappa shape index (κ1) is 19.7. The van der Waals surface area contributed by atoms with Gasteiger partial charge >= 0.3 is 12.0 Å². The number of benzene rings is 1. The van der Waals surface area contributed by atoms with Gasteiger partial charge < -0.3 is 14.8 Å². The van der Waals surface area contributed by atoms with Crippen LogP contribution in [0.4, 0.5) is 4.79 Å². The molecule has 0 aliphatic carbocycles. The van der Waals surface area contributed by atoms with Gasteiger partial charge in [0.25, 0.3) is 5.91 Å². The van der Waals surface area contributed by atoms with E-state index in [4.69, 9.17) is 4.74 Å². The molecule has 0 bridgehead atoms. The molecule has 3 amide bonds. The van der Waals surface area contributed by atoms with Gasteiger partial charge in [-0.1, -0.05) is 6.08 Å². The SMILES string of the molecule is C=CCN1C(=O)N/C(=C/c2cc(I)c(OCC(=O)OC)c(I)c2)C1=O. The van der Waals surface area contributed by atoms with Crippen LogP contribution in [-0.4, -0.2) is 43.1 Å². The molecular weight excluding hydrogens is 554 g/mol. The van der Waals surface area contributed by atoms with Crippen LogP contribution in [0.5, 0.6) is 5.75 Å². The van der Waals surface area contributed by atoms with Gasteiger partial charge in [-0.15, -0.1) is 6.58 Å². The fourth-order valence-corrected chi connectivity index (χ4v) is 4.15. The minimum Gasteiger partial charge on any atom is -0.480 e. The molecule has 1 aliphatic heterocycles. The third kappa shape index (κ3) is 4.71. The molecule has 0 unspecified atom stereocenters. The summed E-state index contributed by atoms with van der Waals surface area (Å²) in [6.07, 6.45) is 3.08. The summed E-state index contributed by atoms with van der Waals surface area (Å²) in [7, 11) is 1.29. The molecular formula is C16H14I2N2O5. The molecule has 0 radical (unpaired) electrons. The van der Waals surface area contributed by atoms with Crippen LogP contribution in [0, 0.1) is 7.14 Å². The van der Waals surface area contributed by atoms with E-state index >= 15 is 0 Å². The Morgan fingerprint density at radius 3 is 2.52 bits per heavy atom. The first-order valence-electron chi connectivity index (χ1n) is 7.01. The normalized spacial score (nSPS) is 15.3. The van der Waals surface area contributed by atoms with Gasteiger partial charge in [0, 0.05) is 6.54 Å². The number of nitrogens with one attached hydrogen (secondary N) is 1. The number of nitrogens with zero attached hydrogens (tertiary/aromatic N) is 1. The Hall–Kier alpha value is -1.63. The van der Waals surface area contributed by atoms with Crippen LogP contribution in [0.1, 0.15) is 5.56 Å². The highest BCUT2D eigenvalue weighted by atomic mass is 127. The quantitative estimate of drug-likeness (QED) is 0.188. The van der Waals surface area contributed by atoms with E-state index in [1.54, 1.807) is 18.2 Å². The number of carbonyl (C=O) groups is 3. The predicted molar refractivity (Wildman–Crippen MR) is 108 cm³/mol. The van der Waals surface area contributed by atoms with Crippen LogP contribution in [0.3, 0.4) is 0 Å². The van der Waals surface area contributed by atoms with Crippen molar-refractivity contribution in [3.05, 3.63) is 43.2 Å². The van der Waals surface area contributed by atoms with Crippen LogP contribution in [0.15, 0.2) is 30.5 Å². The molecule has 0 saturated carbocycles. The largest absolute Gasteiger partial charge is 0.480 e. The molecule has 25 heavy (non-hydrogen) atoms. The zero-order valence-electron chi connectivity index (χ0n) is 13.2. The minimum atomic E-state index is -0.474. The maximum Gasteiger partial charge on any atom is 0.343 e. The second-order valence-corrected chi connectivity index (χ2v) is 7.20. The van der Waals surface area contributed by atoms with E-state index in [1.807, 2.05) is 0 Å². The number of urea groups is 1. The van der Waals surface area contributed by atoms with Gasteiger partial charge in [-0.05, 0) is 69.0 Å². The van der Waals surface area contributed by atoms with Crippen LogP contribution in [-0.2, 0) is 14.3 Å². The Kier molecular flexibility index (Phi) is 6.81. The smallest absolute Gasteiger partial charge is 0.343 e. The Balaban J connectivity index is 2.24. The topological polar surface area (TPSA) is 84.9 Å². The first-order valence-corrected chi connectivity index (χ1v) is 9.17. The number of hydrogen-bond donors (Lipinski definition) is 1. The van der Waals surface area contributed by atoms with E-state index in [2.05, 4.69) is 61.8 Å². The van der Waals surface area contributed by atoms with Gasteiger partial charge in [0.15, 0.2) is 6.61 Å². The van der Waals surface area contributed by atoms with E-state index in [0.717, 1.165) is 17.6 Å². The average molecular weight is 568 g/mol. The molecule has 132 valence electrons. The van der Waals surface area contributed by atoms with E-state index in [9.17, 15) is 14.4 Å². The molecule has 7 nitrogen and oxygen atoms in total. The summed E-state index contributed by atoms with van der Waals surface area (Å²) in [5.41, 5.74) is 0.921. The summed E-state index contributed by atoms with van der Waals surface area (Å²) in [5.74, 6) is -0.316. The fraction of sp³-hybridized carbons (Fsp3) is 0.188. The van der Waals surface area contributed by atoms with Crippen LogP contribution < -0.4 is 10.1 Å². The van der Waals surface area contributed by atoms with Crippen molar-refractivity contribution in [2.75, 3.05) is 20.3 Å². The molecule has 1 N–H and O–H groups in total. The lowest BCUT2D eigenvalue weighted by atomic mass is 10.2. The second-order valence-electron chi connectivity index (χ2n) is 4.87. The lowest BCUT2D eigenvalue weighted by Crippen LogP contribution is -2.30. The number of hydrogen-bond acceptors (Lipinski definition) is 5. The predicted octanol–water partition coefficient (Wildman–Crippen LogP) is 2.53. The highest BCUT2D eigenvalue weighted by molar-refractivity contribution is 14.1. The summed E-state index contributed by atoms with van der Waals surface area (Å²) in [4.78, 5) is 36.3. The highest BCUT2D eigenvalue weighted by Crippen LogP contribution is 2.30. The lowest BCUT2D eigenvalue weighted by Gasteiger charge is -2.10. The molecule has 2 rings (SSSR count). The molecule has 9 heteroatoms. The van der Waals surface area contributed by atoms with Crippen molar-refractivity contribution >= 4 is 69.2 Å². The van der Waals surface area contributed by atoms with E-state index in [0.29, 0.717) is 5.75 Å². The van der Waals surface area contributed by atoms with Crippen molar-refractivity contribution < 1.29 is 23.9 Å². The van der Waals surface area contributed by atoms with Gasteiger partial charge in [0.2, 0.25) is 0 Å². The number of esters is 1. The zero-order chi connectivity index (χ0) is 18.6. The third-order valence-corrected chi connectivity index (χ3v) is 4.77. The molecule has 1 aromatic rings. The standard InChI is InChI=1S/C16H14I2N2O5/c1-3-4-20-15(22)12(19-16(20)23)7-9-5-10(17)14(11(18)6-9)25-8-13(21)24-2/h3,5-7H,1,4,8H2,2H3,(H,19,23)/b12-7+. The van der Waals surface area contributed by atoms with Crippen molar-refractivity contribution in [3.63, 3.8) is 0 Å². The summed E-state index contributed by atoms with van der Waals surface area (Å²) in [6.45, 7) is 3.49. The van der Waals surface area contributed by atoms with Crippen molar-refractivity contribution in [1.29, 1.82) is 0 Å². The molecule has 1 aliphatic rings. The van der Waals surface area contributed by atoms with E-state index < -0.39 is 17.9 Å². The Bertz CT molecular complexity index is 753. The Morgan fingerprint density at radius 1 is 1.32 bits per heavy atom. The zero-order valence-corrected chi connectivity index (χ0v) is 17.5. The molecule has 1 saturated heterocycles. The molecule has 0 aromatic heterocycles. The molecule has 0 spiro atoms. The molecule has 1 heterocycles.